The topological polar surface area (TPSA) is 86.6 Å². The minimum atomic E-state index is -1.02. The minimum absolute atomic E-state index is 0.190. The van der Waals surface area contributed by atoms with E-state index in [1.165, 1.54) is 0 Å². The third kappa shape index (κ3) is 3.13. The zero-order chi connectivity index (χ0) is 15.6. The number of carbonyl (C=O) groups is 2. The van der Waals surface area contributed by atoms with Gasteiger partial charge in [-0.2, -0.15) is 0 Å². The van der Waals surface area contributed by atoms with Crippen molar-refractivity contribution in [2.75, 3.05) is 0 Å². The number of hydrogen-bond acceptors (Lipinski definition) is 3. The average molecular weight is 289 g/mol. The summed E-state index contributed by atoms with van der Waals surface area (Å²) in [5, 5.41) is 21.5. The lowest BCUT2D eigenvalue weighted by Gasteiger charge is -2.24. The highest BCUT2D eigenvalue weighted by Gasteiger charge is 2.47. The van der Waals surface area contributed by atoms with Crippen molar-refractivity contribution in [2.45, 2.75) is 25.4 Å². The van der Waals surface area contributed by atoms with Crippen molar-refractivity contribution in [3.63, 3.8) is 0 Å². The van der Waals surface area contributed by atoms with Gasteiger partial charge < -0.3 is 10.2 Å². The maximum Gasteiger partial charge on any atom is 0.321 e. The standard InChI is InChI=1S/C16H19NO4/c1-9(2)13-11(8-12(18)19)15(16(20)21)17-14(13)10-6-4-3-5-7-10/h3-7,11,13-15,17H,1,8H2,2H3,(H,18,19)(H,20,21)/t11-,13+,14+,15-/m0/s1. The van der Waals surface area contributed by atoms with Crippen LogP contribution in [0.15, 0.2) is 42.5 Å². The van der Waals surface area contributed by atoms with Crippen LogP contribution in [0.25, 0.3) is 0 Å². The van der Waals surface area contributed by atoms with Gasteiger partial charge in [0.25, 0.3) is 0 Å². The van der Waals surface area contributed by atoms with E-state index in [0.29, 0.717) is 0 Å². The smallest absolute Gasteiger partial charge is 0.321 e. The number of carboxylic acid groups (broad SMARTS) is 2. The molecule has 1 aromatic carbocycles. The summed E-state index contributed by atoms with van der Waals surface area (Å²) in [4.78, 5) is 22.5. The summed E-state index contributed by atoms with van der Waals surface area (Å²) in [6.07, 6.45) is -0.190. The third-order valence-electron chi connectivity index (χ3n) is 4.01. The summed E-state index contributed by atoms with van der Waals surface area (Å²) < 4.78 is 0. The molecule has 4 atom stereocenters. The highest BCUT2D eigenvalue weighted by atomic mass is 16.4. The number of carboxylic acids is 2. The lowest BCUT2D eigenvalue weighted by atomic mass is 9.79. The van der Waals surface area contributed by atoms with E-state index in [1.54, 1.807) is 0 Å². The Morgan fingerprint density at radius 1 is 1.24 bits per heavy atom. The Balaban J connectivity index is 2.40. The van der Waals surface area contributed by atoms with Crippen LogP contribution in [0.5, 0.6) is 0 Å². The van der Waals surface area contributed by atoms with Gasteiger partial charge in [0.1, 0.15) is 6.04 Å². The molecule has 1 heterocycles. The Bertz CT molecular complexity index is 555. The molecule has 0 aromatic heterocycles. The van der Waals surface area contributed by atoms with Gasteiger partial charge in [-0.1, -0.05) is 42.5 Å². The summed E-state index contributed by atoms with van der Waals surface area (Å²) in [7, 11) is 0. The largest absolute Gasteiger partial charge is 0.481 e. The molecule has 1 aliphatic heterocycles. The van der Waals surface area contributed by atoms with Gasteiger partial charge in [0.05, 0.1) is 6.42 Å². The van der Waals surface area contributed by atoms with Crippen LogP contribution in [0.1, 0.15) is 24.9 Å². The zero-order valence-corrected chi connectivity index (χ0v) is 11.8. The molecule has 1 saturated heterocycles. The lowest BCUT2D eigenvalue weighted by Crippen LogP contribution is -2.37. The number of benzene rings is 1. The summed E-state index contributed by atoms with van der Waals surface area (Å²) >= 11 is 0. The third-order valence-corrected chi connectivity index (χ3v) is 4.01. The van der Waals surface area contributed by atoms with E-state index in [4.69, 9.17) is 5.11 Å². The van der Waals surface area contributed by atoms with E-state index in [9.17, 15) is 14.7 Å². The van der Waals surface area contributed by atoms with Gasteiger partial charge in [0.2, 0.25) is 0 Å². The second kappa shape index (κ2) is 6.10. The van der Waals surface area contributed by atoms with E-state index >= 15 is 0 Å². The van der Waals surface area contributed by atoms with Crippen LogP contribution in [0.3, 0.4) is 0 Å². The minimum Gasteiger partial charge on any atom is -0.481 e. The van der Waals surface area contributed by atoms with E-state index < -0.39 is 23.9 Å². The normalized spacial score (nSPS) is 28.2. The number of aliphatic carboxylic acids is 2. The molecule has 5 heteroatoms. The molecular formula is C16H19NO4. The van der Waals surface area contributed by atoms with Gasteiger partial charge in [-0.25, -0.2) is 0 Å². The molecule has 5 nitrogen and oxygen atoms in total. The van der Waals surface area contributed by atoms with Gasteiger partial charge in [0, 0.05) is 17.9 Å². The van der Waals surface area contributed by atoms with Gasteiger partial charge in [-0.3, -0.25) is 14.9 Å². The number of hydrogen-bond donors (Lipinski definition) is 3. The fraction of sp³-hybridized carbons (Fsp3) is 0.375. The molecule has 1 aliphatic rings. The first-order valence-electron chi connectivity index (χ1n) is 6.82. The predicted octanol–water partition coefficient (Wildman–Crippen LogP) is 2.07. The van der Waals surface area contributed by atoms with E-state index in [0.717, 1.165) is 11.1 Å². The van der Waals surface area contributed by atoms with E-state index in [-0.39, 0.29) is 18.4 Å². The summed E-state index contributed by atoms with van der Waals surface area (Å²) in [5.74, 6) is -2.74. The fourth-order valence-corrected chi connectivity index (χ4v) is 3.19. The van der Waals surface area contributed by atoms with Crippen molar-refractivity contribution in [3.8, 4) is 0 Å². The van der Waals surface area contributed by atoms with Crippen molar-refractivity contribution in [1.82, 2.24) is 5.32 Å². The molecule has 3 N–H and O–H groups in total. The van der Waals surface area contributed by atoms with Crippen molar-refractivity contribution in [3.05, 3.63) is 48.0 Å². The Morgan fingerprint density at radius 2 is 1.86 bits per heavy atom. The van der Waals surface area contributed by atoms with Crippen LogP contribution in [0.2, 0.25) is 0 Å². The molecule has 0 amide bonds. The highest BCUT2D eigenvalue weighted by Crippen LogP contribution is 2.42. The van der Waals surface area contributed by atoms with Gasteiger partial charge in [-0.15, -0.1) is 0 Å². The fourth-order valence-electron chi connectivity index (χ4n) is 3.19. The van der Waals surface area contributed by atoms with E-state index in [1.807, 2.05) is 37.3 Å². The Morgan fingerprint density at radius 3 is 2.33 bits per heavy atom. The molecule has 0 radical (unpaired) electrons. The molecule has 0 spiro atoms. The van der Waals surface area contributed by atoms with Crippen LogP contribution in [-0.2, 0) is 9.59 Å². The van der Waals surface area contributed by atoms with Crippen LogP contribution in [-0.4, -0.2) is 28.2 Å². The highest BCUT2D eigenvalue weighted by molar-refractivity contribution is 5.77. The van der Waals surface area contributed by atoms with Crippen LogP contribution in [0, 0.1) is 11.8 Å². The first-order valence-corrected chi connectivity index (χ1v) is 6.82. The number of rotatable bonds is 5. The summed E-state index contributed by atoms with van der Waals surface area (Å²) in [6, 6.07) is 8.37. The van der Waals surface area contributed by atoms with Crippen molar-refractivity contribution >= 4 is 11.9 Å². The zero-order valence-electron chi connectivity index (χ0n) is 11.8. The van der Waals surface area contributed by atoms with Crippen molar-refractivity contribution in [2.24, 2.45) is 11.8 Å². The van der Waals surface area contributed by atoms with Crippen molar-refractivity contribution < 1.29 is 19.8 Å². The molecular weight excluding hydrogens is 270 g/mol. The van der Waals surface area contributed by atoms with Gasteiger partial charge in [-0.05, 0) is 12.5 Å². The predicted molar refractivity (Wildman–Crippen MR) is 77.8 cm³/mol. The average Bonchev–Trinajstić information content (AvgIpc) is 2.78. The molecule has 0 unspecified atom stereocenters. The molecule has 2 rings (SSSR count). The Labute approximate surface area is 123 Å². The van der Waals surface area contributed by atoms with Gasteiger partial charge >= 0.3 is 11.9 Å². The van der Waals surface area contributed by atoms with Crippen LogP contribution >= 0.6 is 0 Å². The molecule has 0 saturated carbocycles. The van der Waals surface area contributed by atoms with Crippen LogP contribution < -0.4 is 5.32 Å². The van der Waals surface area contributed by atoms with Gasteiger partial charge in [0.15, 0.2) is 0 Å². The second-order valence-corrected chi connectivity index (χ2v) is 5.50. The summed E-state index contributed by atoms with van der Waals surface area (Å²) in [5.41, 5.74) is 1.75. The molecule has 21 heavy (non-hydrogen) atoms. The molecule has 112 valence electrons. The second-order valence-electron chi connectivity index (χ2n) is 5.50. The first-order chi connectivity index (χ1) is 9.91. The number of nitrogens with one attached hydrogen (secondary N) is 1. The van der Waals surface area contributed by atoms with E-state index in [2.05, 4.69) is 11.9 Å². The molecule has 1 fully saturated rings. The van der Waals surface area contributed by atoms with Crippen molar-refractivity contribution in [1.29, 1.82) is 0 Å². The molecule has 0 aliphatic carbocycles. The quantitative estimate of drug-likeness (QED) is 0.722. The lowest BCUT2D eigenvalue weighted by molar-refractivity contribution is -0.142. The Hall–Kier alpha value is -2.14. The maximum absolute atomic E-state index is 11.5. The SMILES string of the molecule is C=C(C)[C@@H]1[C@H](CC(=O)O)[C@@H](C(=O)O)N[C@@H]1c1ccccc1. The maximum atomic E-state index is 11.5. The molecule has 1 aromatic rings. The monoisotopic (exact) mass is 289 g/mol. The first kappa shape index (κ1) is 15.3. The molecule has 0 bridgehead atoms. The summed E-state index contributed by atoms with van der Waals surface area (Å²) in [6.45, 7) is 5.76. The van der Waals surface area contributed by atoms with Crippen LogP contribution in [0.4, 0.5) is 0 Å². The Kier molecular flexibility index (Phi) is 4.43.